The Morgan fingerprint density at radius 2 is 1.95 bits per heavy atom. The highest BCUT2D eigenvalue weighted by molar-refractivity contribution is 5.76. The molecule has 1 amide bonds. The van der Waals surface area contributed by atoms with E-state index in [0.717, 1.165) is 12.5 Å². The van der Waals surface area contributed by atoms with Gasteiger partial charge in [-0.2, -0.15) is 0 Å². The van der Waals surface area contributed by atoms with Crippen molar-refractivity contribution in [1.82, 2.24) is 10.6 Å². The number of nitrogens with one attached hydrogen (secondary N) is 2. The topological polar surface area (TPSA) is 41.1 Å². The number of carbonyl (C=O) groups excluding carboxylic acids is 1. The molecule has 108 valence electrons. The third-order valence-corrected chi connectivity index (χ3v) is 5.91. The van der Waals surface area contributed by atoms with Crippen molar-refractivity contribution in [3.05, 3.63) is 0 Å². The Morgan fingerprint density at radius 1 is 1.21 bits per heavy atom. The molecule has 0 aromatic rings. The minimum absolute atomic E-state index is 0.223. The van der Waals surface area contributed by atoms with Gasteiger partial charge in [-0.25, -0.2) is 0 Å². The van der Waals surface area contributed by atoms with Crippen LogP contribution in [-0.4, -0.2) is 24.5 Å². The van der Waals surface area contributed by atoms with Crippen LogP contribution in [0.2, 0.25) is 0 Å². The fourth-order valence-electron chi connectivity index (χ4n) is 4.67. The Kier molecular flexibility index (Phi) is 3.16. The highest BCUT2D eigenvalue weighted by Gasteiger charge is 2.58. The van der Waals surface area contributed by atoms with E-state index >= 15 is 0 Å². The molecule has 2 N–H and O–H groups in total. The van der Waals surface area contributed by atoms with Crippen molar-refractivity contribution in [2.45, 2.75) is 71.4 Å². The molecule has 3 rings (SSSR count). The smallest absolute Gasteiger partial charge is 0.221 e. The summed E-state index contributed by atoms with van der Waals surface area (Å²) in [6.07, 6.45) is 7.09. The van der Waals surface area contributed by atoms with Crippen LogP contribution in [0.15, 0.2) is 0 Å². The van der Waals surface area contributed by atoms with Crippen LogP contribution in [0.4, 0.5) is 0 Å². The molecule has 3 atom stereocenters. The summed E-state index contributed by atoms with van der Waals surface area (Å²) in [7, 11) is 0. The van der Waals surface area contributed by atoms with E-state index in [0.29, 0.717) is 29.3 Å². The van der Waals surface area contributed by atoms with Gasteiger partial charge in [0.15, 0.2) is 0 Å². The largest absolute Gasteiger partial charge is 0.353 e. The van der Waals surface area contributed by atoms with Crippen LogP contribution >= 0.6 is 0 Å². The van der Waals surface area contributed by atoms with Crippen LogP contribution in [-0.2, 0) is 4.79 Å². The normalized spacial score (nSPS) is 39.5. The van der Waals surface area contributed by atoms with Crippen molar-refractivity contribution in [3.8, 4) is 0 Å². The predicted octanol–water partition coefficient (Wildman–Crippen LogP) is 2.46. The zero-order valence-electron chi connectivity index (χ0n) is 12.6. The predicted molar refractivity (Wildman–Crippen MR) is 76.8 cm³/mol. The highest BCUT2D eigenvalue weighted by atomic mass is 16.1. The van der Waals surface area contributed by atoms with Crippen molar-refractivity contribution in [2.75, 3.05) is 6.54 Å². The van der Waals surface area contributed by atoms with Crippen molar-refractivity contribution in [1.29, 1.82) is 0 Å². The first-order valence-corrected chi connectivity index (χ1v) is 7.94. The van der Waals surface area contributed by atoms with E-state index in [2.05, 4.69) is 31.4 Å². The molecule has 19 heavy (non-hydrogen) atoms. The van der Waals surface area contributed by atoms with Crippen LogP contribution in [0.3, 0.4) is 0 Å². The summed E-state index contributed by atoms with van der Waals surface area (Å²) in [6.45, 7) is 8.08. The standard InChI is InChI=1S/C16H28N2O/c1-15(2)11-6-8-16(3,10-11)14(15)17-9-7-13(19)18-12-4-5-12/h11-12,14,17H,4-10H2,1-3H3,(H,18,19). The van der Waals surface area contributed by atoms with E-state index in [1.54, 1.807) is 0 Å². The second kappa shape index (κ2) is 4.47. The average molecular weight is 264 g/mol. The summed E-state index contributed by atoms with van der Waals surface area (Å²) in [5, 5.41) is 6.77. The van der Waals surface area contributed by atoms with Crippen LogP contribution < -0.4 is 10.6 Å². The molecule has 0 saturated heterocycles. The summed E-state index contributed by atoms with van der Waals surface area (Å²) >= 11 is 0. The van der Waals surface area contributed by atoms with Crippen molar-refractivity contribution in [3.63, 3.8) is 0 Å². The van der Waals surface area contributed by atoms with Crippen molar-refractivity contribution in [2.24, 2.45) is 16.7 Å². The van der Waals surface area contributed by atoms with E-state index in [1.165, 1.54) is 32.1 Å². The van der Waals surface area contributed by atoms with E-state index in [4.69, 9.17) is 0 Å². The summed E-state index contributed by atoms with van der Waals surface area (Å²) in [4.78, 5) is 11.7. The second-order valence-corrected chi connectivity index (χ2v) is 7.89. The molecule has 0 heterocycles. The number of amides is 1. The third kappa shape index (κ3) is 2.42. The maximum atomic E-state index is 11.7. The molecule has 0 radical (unpaired) electrons. The summed E-state index contributed by atoms with van der Waals surface area (Å²) in [5.74, 6) is 1.09. The van der Waals surface area contributed by atoms with Crippen LogP contribution in [0.1, 0.15) is 59.3 Å². The van der Waals surface area contributed by atoms with Gasteiger partial charge in [0.2, 0.25) is 5.91 Å². The SMILES string of the molecule is CC12CCC(C1)C(C)(C)C2NCCC(=O)NC1CC1. The first-order valence-electron chi connectivity index (χ1n) is 7.94. The number of rotatable bonds is 5. The second-order valence-electron chi connectivity index (χ2n) is 7.89. The lowest BCUT2D eigenvalue weighted by Gasteiger charge is -2.43. The van der Waals surface area contributed by atoms with Crippen molar-refractivity contribution < 1.29 is 4.79 Å². The molecule has 3 fully saturated rings. The van der Waals surface area contributed by atoms with Gasteiger partial charge in [-0.15, -0.1) is 0 Å². The van der Waals surface area contributed by atoms with E-state index in [-0.39, 0.29) is 5.91 Å². The molecule has 3 saturated carbocycles. The first-order chi connectivity index (χ1) is 8.92. The number of fused-ring (bicyclic) bond motifs is 2. The Labute approximate surface area is 116 Å². The van der Waals surface area contributed by atoms with Crippen molar-refractivity contribution >= 4 is 5.91 Å². The molecular formula is C16H28N2O. The molecule has 3 aliphatic rings. The lowest BCUT2D eigenvalue weighted by Crippen LogP contribution is -2.51. The minimum atomic E-state index is 0.223. The Bertz CT molecular complexity index is 370. The zero-order chi connectivity index (χ0) is 13.7. The first kappa shape index (κ1) is 13.4. The van der Waals surface area contributed by atoms with Gasteiger partial charge in [-0.3, -0.25) is 4.79 Å². The fraction of sp³-hybridized carbons (Fsp3) is 0.938. The zero-order valence-corrected chi connectivity index (χ0v) is 12.6. The summed E-state index contributed by atoms with van der Waals surface area (Å²) in [5.41, 5.74) is 0.848. The van der Waals surface area contributed by atoms with Gasteiger partial charge >= 0.3 is 0 Å². The van der Waals surface area contributed by atoms with E-state index in [9.17, 15) is 4.79 Å². The molecule has 0 aromatic heterocycles. The van der Waals surface area contributed by atoms with Crippen LogP contribution in [0.25, 0.3) is 0 Å². The number of carbonyl (C=O) groups is 1. The summed E-state index contributed by atoms with van der Waals surface area (Å²) < 4.78 is 0. The third-order valence-electron chi connectivity index (χ3n) is 5.91. The lowest BCUT2D eigenvalue weighted by atomic mass is 9.68. The Hall–Kier alpha value is -0.570. The van der Waals surface area contributed by atoms with Gasteiger partial charge in [-0.05, 0) is 48.9 Å². The van der Waals surface area contributed by atoms with Gasteiger partial charge in [0.1, 0.15) is 0 Å². The average Bonchev–Trinajstić information content (AvgIpc) is 2.99. The molecule has 0 spiro atoms. The number of hydrogen-bond donors (Lipinski definition) is 2. The minimum Gasteiger partial charge on any atom is -0.353 e. The maximum Gasteiger partial charge on any atom is 0.221 e. The molecule has 2 bridgehead atoms. The lowest BCUT2D eigenvalue weighted by molar-refractivity contribution is -0.121. The molecule has 0 aromatic carbocycles. The summed E-state index contributed by atoms with van der Waals surface area (Å²) in [6, 6.07) is 1.07. The molecule has 0 aliphatic heterocycles. The molecule has 3 aliphatic carbocycles. The van der Waals surface area contributed by atoms with Gasteiger partial charge < -0.3 is 10.6 Å². The fourth-order valence-corrected chi connectivity index (χ4v) is 4.67. The van der Waals surface area contributed by atoms with Gasteiger partial charge in [-0.1, -0.05) is 20.8 Å². The monoisotopic (exact) mass is 264 g/mol. The number of hydrogen-bond acceptors (Lipinski definition) is 2. The molecule has 3 heteroatoms. The van der Waals surface area contributed by atoms with Crippen LogP contribution in [0, 0.1) is 16.7 Å². The van der Waals surface area contributed by atoms with E-state index in [1.807, 2.05) is 0 Å². The van der Waals surface area contributed by atoms with E-state index < -0.39 is 0 Å². The van der Waals surface area contributed by atoms with Crippen LogP contribution in [0.5, 0.6) is 0 Å². The Morgan fingerprint density at radius 3 is 2.53 bits per heavy atom. The maximum absolute atomic E-state index is 11.7. The molecule has 3 nitrogen and oxygen atoms in total. The van der Waals surface area contributed by atoms with Gasteiger partial charge in [0.25, 0.3) is 0 Å². The molecule has 3 unspecified atom stereocenters. The quantitative estimate of drug-likeness (QED) is 0.801. The van der Waals surface area contributed by atoms with Gasteiger partial charge in [0.05, 0.1) is 0 Å². The highest BCUT2D eigenvalue weighted by Crippen LogP contribution is 2.62. The molecular weight excluding hydrogens is 236 g/mol. The Balaban J connectivity index is 1.50. The van der Waals surface area contributed by atoms with Gasteiger partial charge in [0, 0.05) is 25.0 Å².